The molecule has 1 amide bonds. The average molecular weight is 286 g/mol. The molecule has 0 N–H and O–H groups in total. The van der Waals surface area contributed by atoms with Crippen LogP contribution in [0, 0.1) is 5.92 Å². The van der Waals surface area contributed by atoms with Gasteiger partial charge in [0.15, 0.2) is 0 Å². The van der Waals surface area contributed by atoms with Crippen LogP contribution in [0.2, 0.25) is 0 Å². The lowest BCUT2D eigenvalue weighted by molar-refractivity contribution is -0.122. The minimum absolute atomic E-state index is 0.173. The van der Waals surface area contributed by atoms with Crippen LogP contribution in [-0.4, -0.2) is 25.5 Å². The zero-order chi connectivity index (χ0) is 14.8. The monoisotopic (exact) mass is 286 g/mol. The second-order valence-electron chi connectivity index (χ2n) is 6.26. The Morgan fingerprint density at radius 1 is 1.14 bits per heavy atom. The summed E-state index contributed by atoms with van der Waals surface area (Å²) in [5, 5.41) is 0. The number of carbonyl (C=O) groups is 1. The predicted octanol–water partition coefficient (Wildman–Crippen LogP) is 3.61. The quantitative estimate of drug-likeness (QED) is 0.844. The van der Waals surface area contributed by atoms with Crippen molar-refractivity contribution in [2.45, 2.75) is 46.0 Å². The molecule has 3 rings (SSSR count). The number of amides is 1. The van der Waals surface area contributed by atoms with Crippen molar-refractivity contribution < 1.29 is 4.79 Å². The van der Waals surface area contributed by atoms with Crippen LogP contribution in [-0.2, 0) is 11.2 Å². The molecule has 1 saturated heterocycles. The number of carbonyl (C=O) groups excluding carboxylic acids is 1. The summed E-state index contributed by atoms with van der Waals surface area (Å²) in [4.78, 5) is 17.2. The van der Waals surface area contributed by atoms with Crippen LogP contribution in [0.25, 0.3) is 0 Å². The van der Waals surface area contributed by atoms with Crippen molar-refractivity contribution in [3.05, 3.63) is 23.8 Å². The number of anilines is 2. The molecule has 2 heterocycles. The number of rotatable bonds is 4. The van der Waals surface area contributed by atoms with Gasteiger partial charge >= 0.3 is 0 Å². The van der Waals surface area contributed by atoms with Crippen molar-refractivity contribution in [1.82, 2.24) is 0 Å². The average Bonchev–Trinajstić information content (AvgIpc) is 3.17. The van der Waals surface area contributed by atoms with Crippen LogP contribution in [0.1, 0.15) is 45.1 Å². The van der Waals surface area contributed by atoms with E-state index >= 15 is 0 Å². The van der Waals surface area contributed by atoms with Crippen LogP contribution in [0.5, 0.6) is 0 Å². The second kappa shape index (κ2) is 6.08. The number of hydrogen-bond donors (Lipinski definition) is 0. The van der Waals surface area contributed by atoms with Gasteiger partial charge in [0.25, 0.3) is 0 Å². The van der Waals surface area contributed by atoms with Crippen molar-refractivity contribution in [2.75, 3.05) is 29.4 Å². The van der Waals surface area contributed by atoms with Crippen LogP contribution in [0.4, 0.5) is 11.4 Å². The molecule has 3 heteroatoms. The molecule has 21 heavy (non-hydrogen) atoms. The summed E-state index contributed by atoms with van der Waals surface area (Å²) in [6.45, 7) is 7.39. The Morgan fingerprint density at radius 2 is 1.86 bits per heavy atom. The Bertz CT molecular complexity index is 516. The van der Waals surface area contributed by atoms with Crippen molar-refractivity contribution in [3.63, 3.8) is 0 Å². The molecule has 2 aliphatic heterocycles. The van der Waals surface area contributed by atoms with Gasteiger partial charge < -0.3 is 9.80 Å². The van der Waals surface area contributed by atoms with Gasteiger partial charge in [-0.05, 0) is 49.8 Å². The first kappa shape index (κ1) is 14.4. The summed E-state index contributed by atoms with van der Waals surface area (Å²) < 4.78 is 0. The maximum absolute atomic E-state index is 12.7. The Morgan fingerprint density at radius 3 is 2.52 bits per heavy atom. The Kier molecular flexibility index (Phi) is 4.18. The topological polar surface area (TPSA) is 23.6 Å². The molecular formula is C18H26N2O. The third kappa shape index (κ3) is 2.66. The van der Waals surface area contributed by atoms with E-state index in [0.29, 0.717) is 5.91 Å². The lowest BCUT2D eigenvalue weighted by atomic mass is 10.0. The fraction of sp³-hybridized carbons (Fsp3) is 0.611. The lowest BCUT2D eigenvalue weighted by Crippen LogP contribution is -2.34. The molecule has 114 valence electrons. The van der Waals surface area contributed by atoms with Crippen molar-refractivity contribution in [2.24, 2.45) is 5.92 Å². The summed E-state index contributed by atoms with van der Waals surface area (Å²) in [7, 11) is 0. The van der Waals surface area contributed by atoms with Gasteiger partial charge in [0.1, 0.15) is 0 Å². The van der Waals surface area contributed by atoms with Gasteiger partial charge in [0, 0.05) is 36.9 Å². The number of nitrogens with zero attached hydrogens (tertiary/aromatic N) is 2. The SMILES string of the molecule is CCC(CC)C(=O)N1CCc2ccc(N3CCCC3)cc21. The highest BCUT2D eigenvalue weighted by atomic mass is 16.2. The third-order valence-electron chi connectivity index (χ3n) is 5.04. The van der Waals surface area contributed by atoms with Crippen LogP contribution < -0.4 is 9.80 Å². The Hall–Kier alpha value is -1.51. The van der Waals surface area contributed by atoms with Crippen molar-refractivity contribution in [3.8, 4) is 0 Å². The Labute approximate surface area is 127 Å². The van der Waals surface area contributed by atoms with E-state index in [1.54, 1.807) is 0 Å². The number of hydrogen-bond acceptors (Lipinski definition) is 2. The molecule has 0 atom stereocenters. The summed E-state index contributed by atoms with van der Waals surface area (Å²) in [6.07, 6.45) is 5.45. The maximum atomic E-state index is 12.7. The van der Waals surface area contributed by atoms with Gasteiger partial charge in [-0.15, -0.1) is 0 Å². The fourth-order valence-corrected chi connectivity index (χ4v) is 3.63. The minimum Gasteiger partial charge on any atom is -0.371 e. The molecule has 0 saturated carbocycles. The summed E-state index contributed by atoms with van der Waals surface area (Å²) in [5.41, 5.74) is 3.78. The lowest BCUT2D eigenvalue weighted by Gasteiger charge is -2.24. The van der Waals surface area contributed by atoms with E-state index in [2.05, 4.69) is 36.9 Å². The third-order valence-corrected chi connectivity index (χ3v) is 5.04. The van der Waals surface area contributed by atoms with E-state index in [4.69, 9.17) is 0 Å². The molecule has 0 radical (unpaired) electrons. The Balaban J connectivity index is 1.86. The number of benzene rings is 1. The first-order valence-corrected chi connectivity index (χ1v) is 8.43. The fourth-order valence-electron chi connectivity index (χ4n) is 3.63. The summed E-state index contributed by atoms with van der Waals surface area (Å²) in [5.74, 6) is 0.490. The smallest absolute Gasteiger partial charge is 0.230 e. The first-order chi connectivity index (χ1) is 10.2. The molecule has 1 aromatic carbocycles. The van der Waals surface area contributed by atoms with E-state index in [9.17, 15) is 4.79 Å². The van der Waals surface area contributed by atoms with E-state index < -0.39 is 0 Å². The maximum Gasteiger partial charge on any atom is 0.230 e. The van der Waals surface area contributed by atoms with E-state index in [1.165, 1.54) is 24.1 Å². The highest BCUT2D eigenvalue weighted by molar-refractivity contribution is 5.97. The second-order valence-corrected chi connectivity index (χ2v) is 6.26. The molecular weight excluding hydrogens is 260 g/mol. The molecule has 0 bridgehead atoms. The zero-order valence-corrected chi connectivity index (χ0v) is 13.3. The molecule has 2 aliphatic rings. The molecule has 1 aromatic rings. The minimum atomic E-state index is 0.173. The molecule has 0 unspecified atom stereocenters. The largest absolute Gasteiger partial charge is 0.371 e. The van der Waals surface area contributed by atoms with Crippen LogP contribution >= 0.6 is 0 Å². The molecule has 0 aliphatic carbocycles. The van der Waals surface area contributed by atoms with E-state index in [-0.39, 0.29) is 5.92 Å². The zero-order valence-electron chi connectivity index (χ0n) is 13.3. The van der Waals surface area contributed by atoms with Gasteiger partial charge in [0.05, 0.1) is 0 Å². The predicted molar refractivity (Wildman–Crippen MR) is 88.0 cm³/mol. The van der Waals surface area contributed by atoms with Gasteiger partial charge in [-0.2, -0.15) is 0 Å². The van der Waals surface area contributed by atoms with E-state index in [0.717, 1.165) is 44.6 Å². The van der Waals surface area contributed by atoms with Crippen molar-refractivity contribution >= 4 is 17.3 Å². The highest BCUT2D eigenvalue weighted by Gasteiger charge is 2.29. The van der Waals surface area contributed by atoms with E-state index in [1.807, 2.05) is 4.90 Å². The normalized spacial score (nSPS) is 17.7. The molecule has 0 aromatic heterocycles. The number of fused-ring (bicyclic) bond motifs is 1. The van der Waals surface area contributed by atoms with Crippen LogP contribution in [0.3, 0.4) is 0 Å². The van der Waals surface area contributed by atoms with Gasteiger partial charge in [-0.25, -0.2) is 0 Å². The molecule has 1 fully saturated rings. The highest BCUT2D eigenvalue weighted by Crippen LogP contribution is 2.34. The standard InChI is InChI=1S/C18H26N2O/c1-3-14(4-2)18(21)20-12-9-15-7-8-16(13-17(15)20)19-10-5-6-11-19/h7-8,13-14H,3-6,9-12H2,1-2H3. The van der Waals surface area contributed by atoms with Gasteiger partial charge in [-0.3, -0.25) is 4.79 Å². The molecule has 0 spiro atoms. The van der Waals surface area contributed by atoms with Gasteiger partial charge in [0.2, 0.25) is 5.91 Å². The van der Waals surface area contributed by atoms with Gasteiger partial charge in [-0.1, -0.05) is 19.9 Å². The summed E-state index contributed by atoms with van der Waals surface area (Å²) in [6, 6.07) is 6.70. The van der Waals surface area contributed by atoms with Crippen molar-refractivity contribution in [1.29, 1.82) is 0 Å². The van der Waals surface area contributed by atoms with Crippen LogP contribution in [0.15, 0.2) is 18.2 Å². The first-order valence-electron chi connectivity index (χ1n) is 8.43. The molecule has 3 nitrogen and oxygen atoms in total. The summed E-state index contributed by atoms with van der Waals surface area (Å²) >= 11 is 0.